The monoisotopic (exact) mass is 445 g/mol. The zero-order valence-corrected chi connectivity index (χ0v) is 19.2. The zero-order valence-electron chi connectivity index (χ0n) is 18.4. The van der Waals surface area contributed by atoms with Gasteiger partial charge in [-0.25, -0.2) is 8.42 Å². The highest BCUT2D eigenvalue weighted by Gasteiger charge is 2.33. The Balaban J connectivity index is 1.38. The number of ether oxygens (including phenoxy) is 1. The number of piperazine rings is 1. The number of hydrogen-bond acceptors (Lipinski definition) is 6. The number of fused-ring (bicyclic) bond motifs is 1. The fraction of sp³-hybridized carbons (Fsp3) is 0.478. The molecule has 2 aromatic carbocycles. The van der Waals surface area contributed by atoms with Gasteiger partial charge in [0.1, 0.15) is 5.75 Å². The van der Waals surface area contributed by atoms with Gasteiger partial charge in [0.15, 0.2) is 0 Å². The van der Waals surface area contributed by atoms with E-state index in [0.717, 1.165) is 54.4 Å². The van der Waals surface area contributed by atoms with Crippen molar-refractivity contribution in [1.82, 2.24) is 4.90 Å². The lowest BCUT2D eigenvalue weighted by Gasteiger charge is -2.37. The molecule has 0 bridgehead atoms. The first-order valence-corrected chi connectivity index (χ1v) is 12.5. The molecule has 2 aromatic rings. The molecule has 0 amide bonds. The molecule has 7 nitrogen and oxygen atoms in total. The summed E-state index contributed by atoms with van der Waals surface area (Å²) in [5.41, 5.74) is 3.72. The van der Waals surface area contributed by atoms with E-state index in [9.17, 15) is 13.5 Å². The molecular formula is C23H31N3O4S. The molecule has 0 aliphatic carbocycles. The Morgan fingerprint density at radius 1 is 1.13 bits per heavy atom. The Bertz CT molecular complexity index is 1030. The van der Waals surface area contributed by atoms with Crippen molar-refractivity contribution in [3.63, 3.8) is 0 Å². The van der Waals surface area contributed by atoms with Crippen molar-refractivity contribution in [2.75, 3.05) is 55.3 Å². The minimum absolute atomic E-state index is 0.0953. The maximum Gasteiger partial charge on any atom is 0.232 e. The van der Waals surface area contributed by atoms with E-state index >= 15 is 0 Å². The topological polar surface area (TPSA) is 73.3 Å². The number of aliphatic hydroxyl groups is 1. The van der Waals surface area contributed by atoms with E-state index in [1.54, 1.807) is 7.11 Å². The van der Waals surface area contributed by atoms with Gasteiger partial charge in [0.2, 0.25) is 10.0 Å². The number of methoxy groups -OCH3 is 1. The van der Waals surface area contributed by atoms with Crippen molar-refractivity contribution in [3.8, 4) is 5.75 Å². The average molecular weight is 446 g/mol. The number of benzene rings is 2. The molecule has 1 fully saturated rings. The van der Waals surface area contributed by atoms with Gasteiger partial charge >= 0.3 is 0 Å². The fourth-order valence-electron chi connectivity index (χ4n) is 4.68. The van der Waals surface area contributed by atoms with Gasteiger partial charge in [-0.3, -0.25) is 9.21 Å². The Hall–Kier alpha value is -2.29. The molecule has 168 valence electrons. The SMILES string of the molecule is COc1cccc(N2CCN(CC(O)c3ccc4c(c3)CC(C)N4S(C)(=O)=O)CC2)c1. The summed E-state index contributed by atoms with van der Waals surface area (Å²) in [5.74, 6) is 0.857. The highest BCUT2D eigenvalue weighted by Crippen LogP contribution is 2.36. The van der Waals surface area contributed by atoms with Crippen molar-refractivity contribution < 1.29 is 18.3 Å². The van der Waals surface area contributed by atoms with Crippen LogP contribution < -0.4 is 13.9 Å². The molecule has 31 heavy (non-hydrogen) atoms. The average Bonchev–Trinajstić information content (AvgIpc) is 3.09. The highest BCUT2D eigenvalue weighted by atomic mass is 32.2. The third kappa shape index (κ3) is 4.66. The first-order valence-electron chi connectivity index (χ1n) is 10.7. The van der Waals surface area contributed by atoms with Crippen LogP contribution in [0.5, 0.6) is 5.75 Å². The van der Waals surface area contributed by atoms with E-state index in [4.69, 9.17) is 4.74 Å². The summed E-state index contributed by atoms with van der Waals surface area (Å²) in [7, 11) is -1.63. The van der Waals surface area contributed by atoms with Gasteiger partial charge in [0, 0.05) is 50.5 Å². The molecule has 0 saturated carbocycles. The second kappa shape index (κ2) is 8.68. The highest BCUT2D eigenvalue weighted by molar-refractivity contribution is 7.92. The van der Waals surface area contributed by atoms with Gasteiger partial charge in [-0.2, -0.15) is 0 Å². The molecule has 1 N–H and O–H groups in total. The minimum atomic E-state index is -3.30. The summed E-state index contributed by atoms with van der Waals surface area (Å²) in [6.07, 6.45) is 1.31. The summed E-state index contributed by atoms with van der Waals surface area (Å²) in [6, 6.07) is 13.7. The number of anilines is 2. The molecule has 2 unspecified atom stereocenters. The van der Waals surface area contributed by atoms with Gasteiger partial charge in [-0.15, -0.1) is 0 Å². The largest absolute Gasteiger partial charge is 0.497 e. The Kier molecular flexibility index (Phi) is 6.14. The number of sulfonamides is 1. The molecule has 2 aliphatic rings. The summed E-state index contributed by atoms with van der Waals surface area (Å²) in [6.45, 7) is 6.01. The lowest BCUT2D eigenvalue weighted by molar-refractivity contribution is 0.109. The minimum Gasteiger partial charge on any atom is -0.497 e. The second-order valence-corrected chi connectivity index (χ2v) is 10.4. The van der Waals surface area contributed by atoms with E-state index in [-0.39, 0.29) is 6.04 Å². The van der Waals surface area contributed by atoms with Crippen LogP contribution >= 0.6 is 0 Å². The lowest BCUT2D eigenvalue weighted by atomic mass is 10.0. The number of hydrogen-bond donors (Lipinski definition) is 1. The Morgan fingerprint density at radius 3 is 2.55 bits per heavy atom. The van der Waals surface area contributed by atoms with Crippen LogP contribution in [-0.4, -0.2) is 70.6 Å². The molecule has 2 aliphatic heterocycles. The van der Waals surface area contributed by atoms with E-state index in [1.165, 1.54) is 10.6 Å². The van der Waals surface area contributed by atoms with Crippen molar-refractivity contribution in [2.24, 2.45) is 0 Å². The maximum atomic E-state index is 12.1. The van der Waals surface area contributed by atoms with Crippen molar-refractivity contribution in [3.05, 3.63) is 53.6 Å². The number of rotatable bonds is 6. The van der Waals surface area contributed by atoms with Gasteiger partial charge in [0.05, 0.1) is 25.2 Å². The van der Waals surface area contributed by atoms with Crippen LogP contribution in [0.4, 0.5) is 11.4 Å². The molecule has 4 rings (SSSR count). The van der Waals surface area contributed by atoms with E-state index in [2.05, 4.69) is 21.9 Å². The third-order valence-electron chi connectivity index (χ3n) is 6.22. The number of aliphatic hydroxyl groups excluding tert-OH is 1. The van der Waals surface area contributed by atoms with Gasteiger partial charge in [-0.05, 0) is 42.7 Å². The second-order valence-electron chi connectivity index (χ2n) is 8.51. The maximum absolute atomic E-state index is 12.1. The van der Waals surface area contributed by atoms with Crippen molar-refractivity contribution in [2.45, 2.75) is 25.5 Å². The Morgan fingerprint density at radius 2 is 1.87 bits per heavy atom. The van der Waals surface area contributed by atoms with E-state index in [1.807, 2.05) is 37.3 Å². The lowest BCUT2D eigenvalue weighted by Crippen LogP contribution is -2.47. The molecule has 0 radical (unpaired) electrons. The smallest absolute Gasteiger partial charge is 0.232 e. The van der Waals surface area contributed by atoms with Crippen LogP contribution in [0.25, 0.3) is 0 Å². The molecule has 0 spiro atoms. The van der Waals surface area contributed by atoms with E-state index < -0.39 is 16.1 Å². The predicted molar refractivity (Wildman–Crippen MR) is 124 cm³/mol. The molecule has 2 heterocycles. The van der Waals surface area contributed by atoms with Crippen molar-refractivity contribution in [1.29, 1.82) is 0 Å². The summed E-state index contributed by atoms with van der Waals surface area (Å²) in [5, 5.41) is 10.8. The van der Waals surface area contributed by atoms with E-state index in [0.29, 0.717) is 13.0 Å². The van der Waals surface area contributed by atoms with Crippen LogP contribution in [0.1, 0.15) is 24.2 Å². The molecule has 8 heteroatoms. The molecule has 1 saturated heterocycles. The van der Waals surface area contributed by atoms with Crippen LogP contribution in [0, 0.1) is 0 Å². The summed E-state index contributed by atoms with van der Waals surface area (Å²) < 4.78 is 31.0. The van der Waals surface area contributed by atoms with Gasteiger partial charge in [0.25, 0.3) is 0 Å². The quantitative estimate of drug-likeness (QED) is 0.735. The standard InChI is InChI=1S/C23H31N3O4S/c1-17-13-19-14-18(7-8-22(19)26(17)31(3,28)29)23(27)16-24-9-11-25(12-10-24)20-5-4-6-21(15-20)30-2/h4-8,14-15,17,23,27H,9-13,16H2,1-3H3. The Labute approximate surface area is 184 Å². The number of β-amino-alcohol motifs (C(OH)–C–C–N with tert-alkyl or cyclic N) is 1. The fourth-order valence-corrected chi connectivity index (χ4v) is 5.94. The van der Waals surface area contributed by atoms with Crippen LogP contribution in [-0.2, 0) is 16.4 Å². The molecular weight excluding hydrogens is 414 g/mol. The van der Waals surface area contributed by atoms with Crippen LogP contribution in [0.3, 0.4) is 0 Å². The third-order valence-corrected chi connectivity index (χ3v) is 7.49. The van der Waals surface area contributed by atoms with Crippen LogP contribution in [0.2, 0.25) is 0 Å². The van der Waals surface area contributed by atoms with Crippen molar-refractivity contribution >= 4 is 21.4 Å². The first-order chi connectivity index (χ1) is 14.8. The predicted octanol–water partition coefficient (Wildman–Crippen LogP) is 2.26. The zero-order chi connectivity index (χ0) is 22.2. The molecule has 0 aromatic heterocycles. The summed E-state index contributed by atoms with van der Waals surface area (Å²) >= 11 is 0. The molecule has 2 atom stereocenters. The first kappa shape index (κ1) is 21.9. The normalized spacial score (nSPS) is 20.6. The number of nitrogens with zero attached hydrogens (tertiary/aromatic N) is 3. The van der Waals surface area contributed by atoms with Gasteiger partial charge in [-0.1, -0.05) is 18.2 Å². The summed E-state index contributed by atoms with van der Waals surface area (Å²) in [4.78, 5) is 4.61. The van der Waals surface area contributed by atoms with Gasteiger partial charge < -0.3 is 14.7 Å². The van der Waals surface area contributed by atoms with Crippen LogP contribution in [0.15, 0.2) is 42.5 Å².